The summed E-state index contributed by atoms with van der Waals surface area (Å²) in [5, 5.41) is 27.4. The van der Waals surface area contributed by atoms with Gasteiger partial charge in [0.25, 0.3) is 11.8 Å². The first kappa shape index (κ1) is 26.5. The van der Waals surface area contributed by atoms with E-state index in [1.54, 1.807) is 12.1 Å². The normalized spacial score (nSPS) is 18.4. The van der Waals surface area contributed by atoms with Gasteiger partial charge in [-0.2, -0.15) is 0 Å². The van der Waals surface area contributed by atoms with Gasteiger partial charge < -0.3 is 25.6 Å². The van der Waals surface area contributed by atoms with E-state index >= 15 is 0 Å². The Morgan fingerprint density at radius 2 is 1.09 bits per heavy atom. The second-order valence-electron chi connectivity index (χ2n) is 11.6. The molecular weight excluding hydrogens is 444 g/mol. The molecule has 1 aliphatic heterocycles. The number of phenols is 2. The lowest BCUT2D eigenvalue weighted by Crippen LogP contribution is -2.51. The second kappa shape index (κ2) is 9.53. The van der Waals surface area contributed by atoms with Crippen molar-refractivity contribution in [3.8, 4) is 11.5 Å². The summed E-state index contributed by atoms with van der Waals surface area (Å²) in [5.41, 5.74) is 2.85. The Hall–Kier alpha value is -3.06. The average Bonchev–Trinajstić information content (AvgIpc) is 3.15. The fraction of sp³-hybridized carbons (Fsp3) is 0.500. The van der Waals surface area contributed by atoms with E-state index in [0.29, 0.717) is 11.1 Å². The Morgan fingerprint density at radius 1 is 0.743 bits per heavy atom. The average molecular weight is 483 g/mol. The molecular formula is C28H38N2O5. The SMILES string of the molecule is Cc1cc(C(=O)N[C@@H]2COC[C@H]2NC(=O)c2cc(C)cc(C(C)(C)C)c2O)c(O)c(C(C)(C)C)c1. The topological polar surface area (TPSA) is 108 Å². The van der Waals surface area contributed by atoms with Crippen molar-refractivity contribution in [2.24, 2.45) is 0 Å². The molecule has 190 valence electrons. The number of aryl methyl sites for hydroxylation is 2. The maximum Gasteiger partial charge on any atom is 0.255 e. The van der Waals surface area contributed by atoms with E-state index in [2.05, 4.69) is 10.6 Å². The lowest BCUT2D eigenvalue weighted by molar-refractivity contribution is 0.0893. The molecule has 1 aliphatic rings. The van der Waals surface area contributed by atoms with E-state index in [1.165, 1.54) is 0 Å². The molecule has 2 amide bonds. The number of hydrogen-bond acceptors (Lipinski definition) is 5. The number of carbonyl (C=O) groups is 2. The standard InChI is InChI=1S/C28H38N2O5/c1-15-9-17(23(31)19(11-15)27(3,4)5)25(33)29-21-13-35-14-22(21)30-26(34)18-10-16(2)12-20(24(18)32)28(6,7)8/h9-12,21-22,31-32H,13-14H2,1-8H3,(H,29,33)(H,30,34)/t21-,22-/m1/s1. The van der Waals surface area contributed by atoms with Gasteiger partial charge in [-0.1, -0.05) is 53.7 Å². The molecule has 1 fully saturated rings. The molecule has 1 saturated heterocycles. The maximum atomic E-state index is 13.1. The Kier molecular flexibility index (Phi) is 7.23. The van der Waals surface area contributed by atoms with Crippen LogP contribution in [0, 0.1) is 13.8 Å². The van der Waals surface area contributed by atoms with Crippen LogP contribution in [0.4, 0.5) is 0 Å². The van der Waals surface area contributed by atoms with E-state index in [9.17, 15) is 19.8 Å². The lowest BCUT2D eigenvalue weighted by atomic mass is 9.84. The van der Waals surface area contributed by atoms with Crippen LogP contribution in [0.1, 0.15) is 84.5 Å². The Bertz CT molecular complexity index is 1050. The van der Waals surface area contributed by atoms with Crippen molar-refractivity contribution in [3.63, 3.8) is 0 Å². The number of benzene rings is 2. The van der Waals surface area contributed by atoms with Crippen LogP contribution in [0.3, 0.4) is 0 Å². The molecule has 0 spiro atoms. The molecule has 2 aromatic carbocycles. The van der Waals surface area contributed by atoms with E-state index in [0.717, 1.165) is 11.1 Å². The Labute approximate surface area is 207 Å². The van der Waals surface area contributed by atoms with Gasteiger partial charge in [-0.25, -0.2) is 0 Å². The zero-order valence-corrected chi connectivity index (χ0v) is 22.0. The first-order valence-corrected chi connectivity index (χ1v) is 12.0. The van der Waals surface area contributed by atoms with Crippen LogP contribution in [0.25, 0.3) is 0 Å². The van der Waals surface area contributed by atoms with Crippen LogP contribution in [0.15, 0.2) is 24.3 Å². The number of amides is 2. The molecule has 4 N–H and O–H groups in total. The van der Waals surface area contributed by atoms with Crippen molar-refractivity contribution in [3.05, 3.63) is 57.6 Å². The molecule has 7 heteroatoms. The van der Waals surface area contributed by atoms with Crippen molar-refractivity contribution in [1.29, 1.82) is 0 Å². The van der Waals surface area contributed by atoms with Gasteiger partial charge in [0.2, 0.25) is 0 Å². The molecule has 2 atom stereocenters. The highest BCUT2D eigenvalue weighted by Gasteiger charge is 2.34. The van der Waals surface area contributed by atoms with Crippen LogP contribution in [-0.2, 0) is 15.6 Å². The zero-order chi connectivity index (χ0) is 26.3. The maximum absolute atomic E-state index is 13.1. The molecule has 7 nitrogen and oxygen atoms in total. The highest BCUT2D eigenvalue weighted by Crippen LogP contribution is 2.35. The predicted octanol–water partition coefficient (Wildman–Crippen LogP) is 4.24. The fourth-order valence-electron chi connectivity index (χ4n) is 4.38. The molecule has 0 aromatic heterocycles. The van der Waals surface area contributed by atoms with Gasteiger partial charge in [0, 0.05) is 11.1 Å². The Morgan fingerprint density at radius 3 is 1.40 bits per heavy atom. The highest BCUT2D eigenvalue weighted by molar-refractivity contribution is 5.99. The van der Waals surface area contributed by atoms with Gasteiger partial charge in [0.15, 0.2) is 0 Å². The molecule has 3 rings (SSSR count). The number of nitrogens with one attached hydrogen (secondary N) is 2. The van der Waals surface area contributed by atoms with Crippen molar-refractivity contribution in [1.82, 2.24) is 10.6 Å². The van der Waals surface area contributed by atoms with E-state index < -0.39 is 23.9 Å². The van der Waals surface area contributed by atoms with Crippen LogP contribution in [-0.4, -0.2) is 47.3 Å². The second-order valence-corrected chi connectivity index (χ2v) is 11.6. The largest absolute Gasteiger partial charge is 0.507 e. The van der Waals surface area contributed by atoms with Gasteiger partial charge in [0.05, 0.1) is 36.4 Å². The van der Waals surface area contributed by atoms with E-state index in [-0.39, 0.29) is 46.7 Å². The summed E-state index contributed by atoms with van der Waals surface area (Å²) >= 11 is 0. The molecule has 0 radical (unpaired) electrons. The predicted molar refractivity (Wildman–Crippen MR) is 136 cm³/mol. The Balaban J connectivity index is 1.81. The third-order valence-electron chi connectivity index (χ3n) is 6.33. The summed E-state index contributed by atoms with van der Waals surface area (Å²) < 4.78 is 5.55. The van der Waals surface area contributed by atoms with Gasteiger partial charge >= 0.3 is 0 Å². The molecule has 0 unspecified atom stereocenters. The number of rotatable bonds is 4. The van der Waals surface area contributed by atoms with Gasteiger partial charge in [0.1, 0.15) is 11.5 Å². The smallest absolute Gasteiger partial charge is 0.255 e. The summed E-state index contributed by atoms with van der Waals surface area (Å²) in [5.74, 6) is -0.946. The number of carbonyl (C=O) groups excluding carboxylic acids is 2. The summed E-state index contributed by atoms with van der Waals surface area (Å²) in [7, 11) is 0. The minimum atomic E-state index is -0.488. The number of aromatic hydroxyl groups is 2. The molecule has 2 aromatic rings. The quantitative estimate of drug-likeness (QED) is 0.521. The van der Waals surface area contributed by atoms with E-state index in [4.69, 9.17) is 4.74 Å². The van der Waals surface area contributed by atoms with Crippen molar-refractivity contribution in [2.75, 3.05) is 13.2 Å². The summed E-state index contributed by atoms with van der Waals surface area (Å²) in [4.78, 5) is 26.3. The monoisotopic (exact) mass is 482 g/mol. The minimum absolute atomic E-state index is 0.0421. The summed E-state index contributed by atoms with van der Waals surface area (Å²) in [6.45, 7) is 16.1. The third kappa shape index (κ3) is 5.78. The van der Waals surface area contributed by atoms with Gasteiger partial charge in [-0.3, -0.25) is 9.59 Å². The van der Waals surface area contributed by atoms with Crippen molar-refractivity contribution < 1.29 is 24.5 Å². The first-order valence-electron chi connectivity index (χ1n) is 12.0. The van der Waals surface area contributed by atoms with Crippen LogP contribution in [0.2, 0.25) is 0 Å². The summed E-state index contributed by atoms with van der Waals surface area (Å²) in [6.07, 6.45) is 0. The molecule has 1 heterocycles. The van der Waals surface area contributed by atoms with Crippen LogP contribution >= 0.6 is 0 Å². The number of phenolic OH excluding ortho intramolecular Hbond substituents is 2. The van der Waals surface area contributed by atoms with Crippen LogP contribution in [0.5, 0.6) is 11.5 Å². The third-order valence-corrected chi connectivity index (χ3v) is 6.33. The fourth-order valence-corrected chi connectivity index (χ4v) is 4.38. The zero-order valence-electron chi connectivity index (χ0n) is 22.0. The molecule has 0 bridgehead atoms. The van der Waals surface area contributed by atoms with Crippen LogP contribution < -0.4 is 10.6 Å². The minimum Gasteiger partial charge on any atom is -0.507 e. The first-order chi connectivity index (χ1) is 16.1. The number of ether oxygens (including phenoxy) is 1. The number of hydrogen-bond donors (Lipinski definition) is 4. The summed E-state index contributed by atoms with van der Waals surface area (Å²) in [6, 6.07) is 6.10. The van der Waals surface area contributed by atoms with Crippen molar-refractivity contribution >= 4 is 11.8 Å². The lowest BCUT2D eigenvalue weighted by Gasteiger charge is -2.25. The highest BCUT2D eigenvalue weighted by atomic mass is 16.5. The van der Waals surface area contributed by atoms with Crippen molar-refractivity contribution in [2.45, 2.75) is 78.3 Å². The van der Waals surface area contributed by atoms with Gasteiger partial charge in [-0.15, -0.1) is 0 Å². The van der Waals surface area contributed by atoms with Gasteiger partial charge in [-0.05, 0) is 47.9 Å². The molecule has 35 heavy (non-hydrogen) atoms. The molecule has 0 aliphatic carbocycles. The molecule has 0 saturated carbocycles. The van der Waals surface area contributed by atoms with E-state index in [1.807, 2.05) is 67.5 Å².